The predicted molar refractivity (Wildman–Crippen MR) is 130 cm³/mol. The standard InChI is InChI=1S/C15H24N2.C7H6FI2N.Pt/c1-3-7-14(8-4-1)16-11-12-17(13-16)15-9-5-2-6-10-15;8-7-3-1-6(2-4-7)5-11(9)10;/h11-12,14-15H,1-10H2;1-4H,5H2;. The number of hydrogen-bond acceptors (Lipinski definition) is 1. The van der Waals surface area contributed by atoms with Crippen molar-refractivity contribution in [2.75, 3.05) is 0 Å². The summed E-state index contributed by atoms with van der Waals surface area (Å²) in [6.07, 6.45) is 18.8. The summed E-state index contributed by atoms with van der Waals surface area (Å²) in [6.45, 7) is 0.835. The SMILES string of the molecule is Fc1ccc(CN(I)I)cc1.[Pt]=[c]1n(C2CCCCC2)ccn1C1CCCCC1. The van der Waals surface area contributed by atoms with Crippen LogP contribution in [0.5, 0.6) is 0 Å². The van der Waals surface area contributed by atoms with E-state index in [2.05, 4.69) is 86.6 Å². The molecule has 0 saturated heterocycles. The molecule has 0 unspecified atom stereocenters. The van der Waals surface area contributed by atoms with Gasteiger partial charge >= 0.3 is 121 Å². The average Bonchev–Trinajstić information content (AvgIpc) is 3.12. The van der Waals surface area contributed by atoms with Crippen LogP contribution in [0.1, 0.15) is 81.9 Å². The van der Waals surface area contributed by atoms with Crippen LogP contribution >= 0.6 is 45.7 Å². The van der Waals surface area contributed by atoms with Gasteiger partial charge in [-0.25, -0.2) is 4.39 Å². The molecular weight excluding hydrogens is 774 g/mol. The predicted octanol–water partition coefficient (Wildman–Crippen LogP) is 7.71. The summed E-state index contributed by atoms with van der Waals surface area (Å²) in [7, 11) is 0. The molecule has 2 aromatic rings. The van der Waals surface area contributed by atoms with Crippen LogP contribution in [0.25, 0.3) is 0 Å². The van der Waals surface area contributed by atoms with Gasteiger partial charge in [-0.05, 0) is 17.7 Å². The molecule has 0 radical (unpaired) electrons. The second-order valence-corrected chi connectivity index (χ2v) is 13.2. The normalized spacial score (nSPS) is 18.6. The molecule has 2 saturated carbocycles. The summed E-state index contributed by atoms with van der Waals surface area (Å²) in [5.74, 6) is -0.179. The van der Waals surface area contributed by atoms with E-state index in [1.54, 1.807) is 12.1 Å². The first-order chi connectivity index (χ1) is 14.0. The van der Waals surface area contributed by atoms with Crippen LogP contribution in [0.4, 0.5) is 4.39 Å². The van der Waals surface area contributed by atoms with Gasteiger partial charge < -0.3 is 0 Å². The maximum atomic E-state index is 12.4. The van der Waals surface area contributed by atoms with Crippen molar-refractivity contribution >= 4 is 45.7 Å². The minimum atomic E-state index is -0.179. The molecule has 0 aliphatic heterocycles. The number of benzene rings is 1. The molecule has 2 aliphatic carbocycles. The van der Waals surface area contributed by atoms with Crippen LogP contribution in [-0.2, 0) is 25.9 Å². The van der Waals surface area contributed by atoms with Crippen molar-refractivity contribution in [3.8, 4) is 0 Å². The molecule has 2 aliphatic rings. The number of imidazole rings is 1. The van der Waals surface area contributed by atoms with Crippen LogP contribution in [0, 0.1) is 9.62 Å². The monoisotopic (exact) mass is 804 g/mol. The molecule has 7 heteroatoms. The number of aromatic nitrogens is 2. The van der Waals surface area contributed by atoms with Gasteiger partial charge in [0.15, 0.2) is 0 Å². The van der Waals surface area contributed by atoms with Crippen molar-refractivity contribution in [2.24, 2.45) is 0 Å². The molecule has 0 N–H and O–H groups in total. The van der Waals surface area contributed by atoms with E-state index >= 15 is 0 Å². The van der Waals surface area contributed by atoms with Crippen molar-refractivity contribution in [1.29, 1.82) is 0 Å². The fourth-order valence-corrected chi connectivity index (χ4v) is 6.32. The van der Waals surface area contributed by atoms with Gasteiger partial charge in [0.05, 0.1) is 0 Å². The molecule has 0 spiro atoms. The fourth-order valence-electron chi connectivity index (χ4n) is 4.36. The molecule has 0 atom stereocenters. The van der Waals surface area contributed by atoms with Crippen molar-refractivity contribution in [1.82, 2.24) is 10.5 Å². The average molecular weight is 804 g/mol. The van der Waals surface area contributed by atoms with E-state index in [4.69, 9.17) is 0 Å². The molecule has 164 valence electrons. The third-order valence-corrected chi connectivity index (χ3v) is 7.79. The Morgan fingerprint density at radius 2 is 1.28 bits per heavy atom. The summed E-state index contributed by atoms with van der Waals surface area (Å²) >= 11 is 6.91. The summed E-state index contributed by atoms with van der Waals surface area (Å²) < 4.78 is 21.0. The Bertz CT molecular complexity index is 753. The summed E-state index contributed by atoms with van der Waals surface area (Å²) in [5, 5.41) is 0. The second kappa shape index (κ2) is 12.5. The van der Waals surface area contributed by atoms with Gasteiger partial charge in [0, 0.05) is 52.3 Å². The zero-order valence-electron chi connectivity index (χ0n) is 16.7. The molecular formula is C22H30FI2N3Pt. The van der Waals surface area contributed by atoms with Gasteiger partial charge in [-0.2, -0.15) is 1.33 Å². The maximum absolute atomic E-state index is 12.4. The number of hydrogen-bond donors (Lipinski definition) is 0. The van der Waals surface area contributed by atoms with E-state index in [-0.39, 0.29) is 5.82 Å². The molecule has 1 heterocycles. The van der Waals surface area contributed by atoms with Gasteiger partial charge in [0.1, 0.15) is 5.82 Å². The topological polar surface area (TPSA) is 13.1 Å². The van der Waals surface area contributed by atoms with Gasteiger partial charge in [0.2, 0.25) is 0 Å². The molecule has 0 bridgehead atoms. The molecule has 3 nitrogen and oxygen atoms in total. The van der Waals surface area contributed by atoms with Crippen molar-refractivity contribution < 1.29 is 23.7 Å². The van der Waals surface area contributed by atoms with E-state index in [0.29, 0.717) is 0 Å². The van der Waals surface area contributed by atoms with E-state index < -0.39 is 0 Å². The van der Waals surface area contributed by atoms with Crippen LogP contribution in [0.3, 0.4) is 0 Å². The minimum absolute atomic E-state index is 0.179. The Balaban J connectivity index is 0.000000188. The fraction of sp³-hybridized carbons (Fsp3) is 0.591. The third kappa shape index (κ3) is 7.53. The molecule has 4 rings (SSSR count). The molecule has 2 fully saturated rings. The Labute approximate surface area is 212 Å². The summed E-state index contributed by atoms with van der Waals surface area (Å²) in [6, 6.07) is 8.09. The zero-order valence-corrected chi connectivity index (χ0v) is 23.3. The Kier molecular flexibility index (Phi) is 10.4. The van der Waals surface area contributed by atoms with Crippen LogP contribution in [-0.4, -0.2) is 10.5 Å². The summed E-state index contributed by atoms with van der Waals surface area (Å²) in [4.78, 5) is 0. The second-order valence-electron chi connectivity index (χ2n) is 8.03. The van der Waals surface area contributed by atoms with Gasteiger partial charge in [-0.15, -0.1) is 0 Å². The zero-order chi connectivity index (χ0) is 20.6. The van der Waals surface area contributed by atoms with E-state index in [9.17, 15) is 4.39 Å². The van der Waals surface area contributed by atoms with Crippen molar-refractivity contribution in [3.63, 3.8) is 0 Å². The van der Waals surface area contributed by atoms with Crippen molar-refractivity contribution in [2.45, 2.75) is 82.8 Å². The summed E-state index contributed by atoms with van der Waals surface area (Å²) in [5.41, 5.74) is 1.12. The van der Waals surface area contributed by atoms with E-state index in [0.717, 1.165) is 24.2 Å². The quantitative estimate of drug-likeness (QED) is 0.228. The van der Waals surface area contributed by atoms with E-state index in [1.165, 1.54) is 80.1 Å². The molecule has 1 aromatic carbocycles. The molecule has 29 heavy (non-hydrogen) atoms. The first kappa shape index (κ1) is 24.1. The number of rotatable bonds is 4. The van der Waals surface area contributed by atoms with E-state index in [1.807, 2.05) is 1.33 Å². The first-order valence-corrected chi connectivity index (χ1v) is 13.7. The van der Waals surface area contributed by atoms with Gasteiger partial charge in [-0.3, -0.25) is 0 Å². The molecule has 1 aromatic heterocycles. The van der Waals surface area contributed by atoms with Crippen LogP contribution < -0.4 is 0 Å². The van der Waals surface area contributed by atoms with Crippen molar-refractivity contribution in [3.05, 3.63) is 51.8 Å². The van der Waals surface area contributed by atoms with Gasteiger partial charge in [0.25, 0.3) is 0 Å². The number of nitrogens with zero attached hydrogens (tertiary/aromatic N) is 3. The number of halogens is 3. The molecule has 0 amide bonds. The Morgan fingerprint density at radius 3 is 1.69 bits per heavy atom. The third-order valence-electron chi connectivity index (χ3n) is 5.93. The Morgan fingerprint density at radius 1 is 0.828 bits per heavy atom. The van der Waals surface area contributed by atoms with Crippen LogP contribution in [0.2, 0.25) is 0 Å². The Hall–Kier alpha value is 0.468. The van der Waals surface area contributed by atoms with Crippen LogP contribution in [0.15, 0.2) is 36.7 Å². The first-order valence-electron chi connectivity index (χ1n) is 10.6. The van der Waals surface area contributed by atoms with Gasteiger partial charge in [-0.1, -0.05) is 12.1 Å².